The van der Waals surface area contributed by atoms with Gasteiger partial charge in [-0.05, 0) is 36.2 Å². The van der Waals surface area contributed by atoms with Crippen LogP contribution in [0.4, 0.5) is 0 Å². The lowest BCUT2D eigenvalue weighted by atomic mass is 10.1. The number of carbonyl (C=O) groups excluding carboxylic acids is 2. The van der Waals surface area contributed by atoms with Crippen molar-refractivity contribution >= 4 is 23.4 Å². The predicted octanol–water partition coefficient (Wildman–Crippen LogP) is 2.21. The number of aromatic nitrogens is 1. The van der Waals surface area contributed by atoms with Gasteiger partial charge in [-0.3, -0.25) is 14.6 Å². The minimum Gasteiger partial charge on any atom is -0.354 e. The van der Waals surface area contributed by atoms with E-state index >= 15 is 0 Å². The molecule has 0 saturated heterocycles. The van der Waals surface area contributed by atoms with Crippen molar-refractivity contribution in [3.63, 3.8) is 0 Å². The van der Waals surface area contributed by atoms with E-state index in [1.54, 1.807) is 24.5 Å². The van der Waals surface area contributed by atoms with E-state index in [0.29, 0.717) is 36.5 Å². The number of aryl methyl sites for hydroxylation is 1. The van der Waals surface area contributed by atoms with Crippen LogP contribution in [0.2, 0.25) is 5.02 Å². The van der Waals surface area contributed by atoms with E-state index in [0.717, 1.165) is 5.56 Å². The van der Waals surface area contributed by atoms with E-state index in [1.807, 2.05) is 24.3 Å². The number of nitrogens with zero attached hydrogens (tertiary/aromatic N) is 1. The standard InChI is InChI=1S/C17H18ClN3O2/c18-15-4-1-13(2-5-15)3-6-16(22)20-11-12-21-17(23)14-7-9-19-10-8-14/h1-2,4-5,7-10H,3,6,11-12H2,(H,20,22)(H,21,23). The molecule has 0 unspecified atom stereocenters. The molecule has 0 saturated carbocycles. The molecule has 2 N–H and O–H groups in total. The Morgan fingerprint density at radius 2 is 1.61 bits per heavy atom. The van der Waals surface area contributed by atoms with Crippen molar-refractivity contribution < 1.29 is 9.59 Å². The largest absolute Gasteiger partial charge is 0.354 e. The Kier molecular flexibility index (Phi) is 6.56. The van der Waals surface area contributed by atoms with Crippen LogP contribution in [-0.2, 0) is 11.2 Å². The Labute approximate surface area is 140 Å². The highest BCUT2D eigenvalue weighted by Crippen LogP contribution is 2.10. The number of rotatable bonds is 7. The molecule has 2 aromatic rings. The minimum absolute atomic E-state index is 0.0434. The van der Waals surface area contributed by atoms with Crippen LogP contribution in [0.5, 0.6) is 0 Å². The van der Waals surface area contributed by atoms with Gasteiger partial charge in [-0.25, -0.2) is 0 Å². The van der Waals surface area contributed by atoms with E-state index in [-0.39, 0.29) is 11.8 Å². The number of benzene rings is 1. The maximum atomic E-state index is 11.8. The molecule has 0 atom stereocenters. The zero-order valence-electron chi connectivity index (χ0n) is 12.6. The third-order valence-electron chi connectivity index (χ3n) is 3.23. The highest BCUT2D eigenvalue weighted by Gasteiger charge is 2.05. The van der Waals surface area contributed by atoms with Crippen molar-refractivity contribution in [3.8, 4) is 0 Å². The minimum atomic E-state index is -0.178. The summed E-state index contributed by atoms with van der Waals surface area (Å²) in [4.78, 5) is 27.4. The van der Waals surface area contributed by atoms with Crippen molar-refractivity contribution in [2.75, 3.05) is 13.1 Å². The summed E-state index contributed by atoms with van der Waals surface area (Å²) in [5.41, 5.74) is 1.62. The summed E-state index contributed by atoms with van der Waals surface area (Å²) in [6.07, 6.45) is 4.19. The zero-order valence-corrected chi connectivity index (χ0v) is 13.3. The summed E-state index contributed by atoms with van der Waals surface area (Å²) in [6, 6.07) is 10.7. The first-order valence-electron chi connectivity index (χ1n) is 7.34. The second kappa shape index (κ2) is 8.90. The number of amides is 2. The lowest BCUT2D eigenvalue weighted by molar-refractivity contribution is -0.121. The number of nitrogens with one attached hydrogen (secondary N) is 2. The summed E-state index contributed by atoms with van der Waals surface area (Å²) >= 11 is 5.81. The van der Waals surface area contributed by atoms with Crippen molar-refractivity contribution in [1.82, 2.24) is 15.6 Å². The molecule has 2 amide bonds. The summed E-state index contributed by atoms with van der Waals surface area (Å²) in [5, 5.41) is 6.20. The monoisotopic (exact) mass is 331 g/mol. The Hall–Kier alpha value is -2.40. The van der Waals surface area contributed by atoms with Crippen LogP contribution in [-0.4, -0.2) is 29.9 Å². The average Bonchev–Trinajstić information content (AvgIpc) is 2.59. The van der Waals surface area contributed by atoms with Gasteiger partial charge >= 0.3 is 0 Å². The smallest absolute Gasteiger partial charge is 0.251 e. The first-order valence-corrected chi connectivity index (χ1v) is 7.72. The van der Waals surface area contributed by atoms with Gasteiger partial charge in [0.2, 0.25) is 5.91 Å². The number of halogens is 1. The number of hydrogen-bond donors (Lipinski definition) is 2. The molecule has 1 aromatic carbocycles. The molecule has 120 valence electrons. The molecule has 23 heavy (non-hydrogen) atoms. The molecule has 0 aliphatic carbocycles. The van der Waals surface area contributed by atoms with Crippen LogP contribution in [0.15, 0.2) is 48.8 Å². The van der Waals surface area contributed by atoms with Crippen LogP contribution in [0, 0.1) is 0 Å². The van der Waals surface area contributed by atoms with E-state index in [2.05, 4.69) is 15.6 Å². The van der Waals surface area contributed by atoms with Crippen molar-refractivity contribution in [3.05, 3.63) is 64.9 Å². The van der Waals surface area contributed by atoms with Crippen molar-refractivity contribution in [2.24, 2.45) is 0 Å². The first-order chi connectivity index (χ1) is 11.1. The van der Waals surface area contributed by atoms with E-state index < -0.39 is 0 Å². The van der Waals surface area contributed by atoms with Gasteiger partial charge in [0, 0.05) is 42.5 Å². The Balaban J connectivity index is 1.61. The lowest BCUT2D eigenvalue weighted by Gasteiger charge is -2.07. The molecule has 1 heterocycles. The third kappa shape index (κ3) is 6.08. The normalized spacial score (nSPS) is 10.1. The highest BCUT2D eigenvalue weighted by atomic mass is 35.5. The molecular weight excluding hydrogens is 314 g/mol. The maximum Gasteiger partial charge on any atom is 0.251 e. The molecule has 0 fully saturated rings. The molecule has 0 bridgehead atoms. The summed E-state index contributed by atoms with van der Waals surface area (Å²) in [6.45, 7) is 0.782. The fourth-order valence-electron chi connectivity index (χ4n) is 1.98. The van der Waals surface area contributed by atoms with E-state index in [9.17, 15) is 9.59 Å². The fourth-order valence-corrected chi connectivity index (χ4v) is 2.11. The second-order valence-corrected chi connectivity index (χ2v) is 5.40. The number of carbonyl (C=O) groups is 2. The summed E-state index contributed by atoms with van der Waals surface area (Å²) in [7, 11) is 0. The number of hydrogen-bond acceptors (Lipinski definition) is 3. The topological polar surface area (TPSA) is 71.1 Å². The van der Waals surface area contributed by atoms with Crippen LogP contribution in [0.3, 0.4) is 0 Å². The van der Waals surface area contributed by atoms with Gasteiger partial charge in [0.05, 0.1) is 0 Å². The third-order valence-corrected chi connectivity index (χ3v) is 3.48. The Morgan fingerprint density at radius 1 is 0.957 bits per heavy atom. The maximum absolute atomic E-state index is 11.8. The summed E-state index contributed by atoms with van der Waals surface area (Å²) < 4.78 is 0. The highest BCUT2D eigenvalue weighted by molar-refractivity contribution is 6.30. The molecule has 0 spiro atoms. The van der Waals surface area contributed by atoms with Gasteiger partial charge in [-0.15, -0.1) is 0 Å². The van der Waals surface area contributed by atoms with Gasteiger partial charge in [-0.2, -0.15) is 0 Å². The van der Waals surface area contributed by atoms with Crippen molar-refractivity contribution in [2.45, 2.75) is 12.8 Å². The molecule has 1 aromatic heterocycles. The lowest BCUT2D eigenvalue weighted by Crippen LogP contribution is -2.34. The van der Waals surface area contributed by atoms with E-state index in [1.165, 1.54) is 0 Å². The zero-order chi connectivity index (χ0) is 16.5. The van der Waals surface area contributed by atoms with Crippen molar-refractivity contribution in [1.29, 1.82) is 0 Å². The van der Waals surface area contributed by atoms with Gasteiger partial charge < -0.3 is 10.6 Å². The summed E-state index contributed by atoms with van der Waals surface area (Å²) in [5.74, 6) is -0.221. The van der Waals surface area contributed by atoms with Crippen LogP contribution < -0.4 is 10.6 Å². The van der Waals surface area contributed by atoms with Gasteiger partial charge in [-0.1, -0.05) is 23.7 Å². The van der Waals surface area contributed by atoms with Gasteiger partial charge in [0.15, 0.2) is 0 Å². The first kappa shape index (κ1) is 17.0. The fraction of sp³-hybridized carbons (Fsp3) is 0.235. The second-order valence-electron chi connectivity index (χ2n) is 4.97. The van der Waals surface area contributed by atoms with Gasteiger partial charge in [0.25, 0.3) is 5.91 Å². The quantitative estimate of drug-likeness (QED) is 0.764. The molecular formula is C17H18ClN3O2. The van der Waals surface area contributed by atoms with E-state index in [4.69, 9.17) is 11.6 Å². The molecule has 6 heteroatoms. The van der Waals surface area contributed by atoms with Crippen LogP contribution >= 0.6 is 11.6 Å². The molecule has 0 aliphatic heterocycles. The predicted molar refractivity (Wildman–Crippen MR) is 89.4 cm³/mol. The molecule has 5 nitrogen and oxygen atoms in total. The van der Waals surface area contributed by atoms with Gasteiger partial charge in [0.1, 0.15) is 0 Å². The Bertz CT molecular complexity index is 645. The molecule has 0 aliphatic rings. The Morgan fingerprint density at radius 3 is 2.30 bits per heavy atom. The SMILES string of the molecule is O=C(CCc1ccc(Cl)cc1)NCCNC(=O)c1ccncc1. The average molecular weight is 332 g/mol. The van der Waals surface area contributed by atoms with Crippen LogP contribution in [0.1, 0.15) is 22.3 Å². The molecule has 0 radical (unpaired) electrons. The number of pyridine rings is 1. The molecule has 2 rings (SSSR count). The van der Waals surface area contributed by atoms with Crippen LogP contribution in [0.25, 0.3) is 0 Å².